The Morgan fingerprint density at radius 2 is 2.00 bits per heavy atom. The summed E-state index contributed by atoms with van der Waals surface area (Å²) >= 11 is 6.94. The molecule has 0 aliphatic rings. The predicted molar refractivity (Wildman–Crippen MR) is 93.9 cm³/mol. The first-order chi connectivity index (χ1) is 11.3. The van der Waals surface area contributed by atoms with Gasteiger partial charge in [-0.2, -0.15) is 0 Å². The van der Waals surface area contributed by atoms with Gasteiger partial charge in [0.1, 0.15) is 16.2 Å². The van der Waals surface area contributed by atoms with Crippen LogP contribution in [0.3, 0.4) is 0 Å². The summed E-state index contributed by atoms with van der Waals surface area (Å²) in [6, 6.07) is 6.94. The Kier molecular flexibility index (Phi) is 5.46. The number of benzene rings is 1. The second-order valence-corrected chi connectivity index (χ2v) is 7.12. The molecule has 2 aromatic rings. The first-order valence-electron chi connectivity index (χ1n) is 7.04. The second-order valence-electron chi connectivity index (χ2n) is 5.76. The summed E-state index contributed by atoms with van der Waals surface area (Å²) in [5.74, 6) is 0.460. The first kappa shape index (κ1) is 18.2. The lowest BCUT2D eigenvalue weighted by Gasteiger charge is -2.26. The SMILES string of the molecule is COc1ccccc1N(C(=O)OC(C)(C)C)c1nc(Cl)c(C=O)s1. The van der Waals surface area contributed by atoms with Crippen LogP contribution in [-0.4, -0.2) is 30.1 Å². The van der Waals surface area contributed by atoms with Gasteiger partial charge in [0.15, 0.2) is 11.4 Å². The number of carbonyl (C=O) groups excluding carboxylic acids is 2. The standard InChI is InChI=1S/C16H17ClN2O4S/c1-16(2,3)23-15(21)19(10-7-5-6-8-11(10)22-4)14-18-13(17)12(9-20)24-14/h5-9H,1-4H3. The highest BCUT2D eigenvalue weighted by molar-refractivity contribution is 7.18. The normalized spacial score (nSPS) is 11.0. The van der Waals surface area contributed by atoms with E-state index in [0.29, 0.717) is 17.7 Å². The smallest absolute Gasteiger partial charge is 0.421 e. The fourth-order valence-corrected chi connectivity index (χ4v) is 2.94. The van der Waals surface area contributed by atoms with Gasteiger partial charge in [-0.05, 0) is 32.9 Å². The Hall–Kier alpha value is -2.12. The molecule has 0 N–H and O–H groups in total. The summed E-state index contributed by atoms with van der Waals surface area (Å²) < 4.78 is 10.8. The third kappa shape index (κ3) is 4.04. The van der Waals surface area contributed by atoms with E-state index < -0.39 is 11.7 Å². The topological polar surface area (TPSA) is 68.7 Å². The molecule has 128 valence electrons. The monoisotopic (exact) mass is 368 g/mol. The molecule has 0 aliphatic heterocycles. The number of hydrogen-bond donors (Lipinski definition) is 0. The molecule has 0 saturated heterocycles. The van der Waals surface area contributed by atoms with E-state index in [1.54, 1.807) is 45.0 Å². The summed E-state index contributed by atoms with van der Waals surface area (Å²) in [5, 5.41) is 0.259. The number of carbonyl (C=O) groups is 2. The minimum Gasteiger partial charge on any atom is -0.495 e. The van der Waals surface area contributed by atoms with Gasteiger partial charge < -0.3 is 9.47 Å². The Morgan fingerprint density at radius 1 is 1.33 bits per heavy atom. The number of anilines is 2. The van der Waals surface area contributed by atoms with Crippen molar-refractivity contribution in [1.29, 1.82) is 0 Å². The maximum absolute atomic E-state index is 12.7. The molecule has 1 aromatic heterocycles. The fourth-order valence-electron chi connectivity index (χ4n) is 1.87. The molecule has 6 nitrogen and oxygen atoms in total. The number of para-hydroxylation sites is 2. The largest absolute Gasteiger partial charge is 0.495 e. The number of amides is 1. The second kappa shape index (κ2) is 7.19. The van der Waals surface area contributed by atoms with Gasteiger partial charge in [0.25, 0.3) is 0 Å². The van der Waals surface area contributed by atoms with Gasteiger partial charge in [0.2, 0.25) is 5.13 Å². The van der Waals surface area contributed by atoms with Crippen molar-refractivity contribution in [3.63, 3.8) is 0 Å². The van der Waals surface area contributed by atoms with Gasteiger partial charge in [0, 0.05) is 0 Å². The number of methoxy groups -OCH3 is 1. The molecule has 24 heavy (non-hydrogen) atoms. The molecule has 0 saturated carbocycles. The number of rotatable bonds is 4. The molecule has 1 heterocycles. The highest BCUT2D eigenvalue weighted by Gasteiger charge is 2.30. The fraction of sp³-hybridized carbons (Fsp3) is 0.312. The van der Waals surface area contributed by atoms with Crippen LogP contribution in [0.5, 0.6) is 5.75 Å². The minimum absolute atomic E-state index is 0.0356. The molecule has 1 aromatic carbocycles. The molecule has 0 radical (unpaired) electrons. The number of halogens is 1. The quantitative estimate of drug-likeness (QED) is 0.732. The summed E-state index contributed by atoms with van der Waals surface area (Å²) in [7, 11) is 1.50. The lowest BCUT2D eigenvalue weighted by atomic mass is 10.2. The maximum Gasteiger partial charge on any atom is 0.421 e. The molecule has 8 heteroatoms. The van der Waals surface area contributed by atoms with Crippen LogP contribution < -0.4 is 9.64 Å². The molecular formula is C16H17ClN2O4S. The lowest BCUT2D eigenvalue weighted by Crippen LogP contribution is -2.34. The van der Waals surface area contributed by atoms with E-state index in [1.807, 2.05) is 0 Å². The zero-order valence-corrected chi connectivity index (χ0v) is 15.3. The first-order valence-corrected chi connectivity index (χ1v) is 8.24. The number of nitrogens with zero attached hydrogens (tertiary/aromatic N) is 2. The van der Waals surface area contributed by atoms with Crippen molar-refractivity contribution in [2.24, 2.45) is 0 Å². The molecule has 1 amide bonds. The van der Waals surface area contributed by atoms with Crippen molar-refractivity contribution >= 4 is 46.1 Å². The van der Waals surface area contributed by atoms with Crippen molar-refractivity contribution in [3.8, 4) is 5.75 Å². The van der Waals surface area contributed by atoms with Crippen molar-refractivity contribution < 1.29 is 19.1 Å². The van der Waals surface area contributed by atoms with Crippen LogP contribution in [0.1, 0.15) is 30.4 Å². The summed E-state index contributed by atoms with van der Waals surface area (Å²) in [6.45, 7) is 5.28. The zero-order chi connectivity index (χ0) is 17.9. The van der Waals surface area contributed by atoms with Crippen LogP contribution in [-0.2, 0) is 4.74 Å². The van der Waals surface area contributed by atoms with E-state index in [0.717, 1.165) is 11.3 Å². The lowest BCUT2D eigenvalue weighted by molar-refractivity contribution is 0.0598. The number of ether oxygens (including phenoxy) is 2. The van der Waals surface area contributed by atoms with E-state index >= 15 is 0 Å². The van der Waals surface area contributed by atoms with Gasteiger partial charge in [-0.3, -0.25) is 4.79 Å². The van der Waals surface area contributed by atoms with Gasteiger partial charge in [0.05, 0.1) is 12.8 Å². The molecule has 0 bridgehead atoms. The van der Waals surface area contributed by atoms with Gasteiger partial charge in [-0.15, -0.1) is 0 Å². The van der Waals surface area contributed by atoms with Crippen LogP contribution in [0.15, 0.2) is 24.3 Å². The molecule has 0 atom stereocenters. The minimum atomic E-state index is -0.702. The number of hydrogen-bond acceptors (Lipinski definition) is 6. The van der Waals surface area contributed by atoms with Gasteiger partial charge >= 0.3 is 6.09 Å². The van der Waals surface area contributed by atoms with E-state index in [9.17, 15) is 9.59 Å². The third-order valence-corrected chi connectivity index (χ3v) is 4.16. The zero-order valence-electron chi connectivity index (χ0n) is 13.7. The average molecular weight is 369 g/mol. The maximum atomic E-state index is 12.7. The Bertz CT molecular complexity index is 755. The highest BCUT2D eigenvalue weighted by Crippen LogP contribution is 2.38. The van der Waals surface area contributed by atoms with Gasteiger partial charge in [-0.1, -0.05) is 35.1 Å². The molecule has 2 rings (SSSR count). The van der Waals surface area contributed by atoms with Crippen LogP contribution >= 0.6 is 22.9 Å². The van der Waals surface area contributed by atoms with Crippen molar-refractivity contribution in [3.05, 3.63) is 34.3 Å². The Morgan fingerprint density at radius 3 is 2.54 bits per heavy atom. The van der Waals surface area contributed by atoms with Crippen LogP contribution in [0, 0.1) is 0 Å². The highest BCUT2D eigenvalue weighted by atomic mass is 35.5. The summed E-state index contributed by atoms with van der Waals surface area (Å²) in [5.41, 5.74) is -0.261. The van der Waals surface area contributed by atoms with Crippen molar-refractivity contribution in [2.75, 3.05) is 12.0 Å². The predicted octanol–water partition coefficient (Wildman–Crippen LogP) is 4.69. The third-order valence-electron chi connectivity index (χ3n) is 2.80. The number of aldehydes is 1. The number of aromatic nitrogens is 1. The Balaban J connectivity index is 2.56. The average Bonchev–Trinajstić information content (AvgIpc) is 2.86. The van der Waals surface area contributed by atoms with Gasteiger partial charge in [-0.25, -0.2) is 14.7 Å². The van der Waals surface area contributed by atoms with Crippen LogP contribution in [0.2, 0.25) is 5.15 Å². The molecule has 0 spiro atoms. The van der Waals surface area contributed by atoms with E-state index in [1.165, 1.54) is 12.0 Å². The van der Waals surface area contributed by atoms with Crippen molar-refractivity contribution in [1.82, 2.24) is 4.98 Å². The molecular weight excluding hydrogens is 352 g/mol. The number of thiazole rings is 1. The van der Waals surface area contributed by atoms with Crippen molar-refractivity contribution in [2.45, 2.75) is 26.4 Å². The van der Waals surface area contributed by atoms with E-state index in [2.05, 4.69) is 4.98 Å². The van der Waals surface area contributed by atoms with Crippen LogP contribution in [0.25, 0.3) is 0 Å². The molecule has 0 fully saturated rings. The summed E-state index contributed by atoms with van der Waals surface area (Å²) in [6.07, 6.45) is -0.0474. The Labute approximate surface area is 149 Å². The summed E-state index contributed by atoms with van der Waals surface area (Å²) in [4.78, 5) is 29.4. The van der Waals surface area contributed by atoms with E-state index in [-0.39, 0.29) is 15.2 Å². The van der Waals surface area contributed by atoms with E-state index in [4.69, 9.17) is 21.1 Å². The van der Waals surface area contributed by atoms with Crippen LogP contribution in [0.4, 0.5) is 15.6 Å². The molecule has 0 aliphatic carbocycles. The molecule has 0 unspecified atom stereocenters.